The van der Waals surface area contributed by atoms with Gasteiger partial charge in [-0.2, -0.15) is 0 Å². The van der Waals surface area contributed by atoms with E-state index in [1.54, 1.807) is 0 Å². The first-order valence-corrected chi connectivity index (χ1v) is 8.15. The number of aryl methyl sites for hydroxylation is 1. The number of hydrogen-bond donors (Lipinski definition) is 1. The van der Waals surface area contributed by atoms with Crippen LogP contribution in [0.3, 0.4) is 0 Å². The zero-order valence-electron chi connectivity index (χ0n) is 12.2. The molecule has 0 atom stereocenters. The first-order valence-electron chi connectivity index (χ1n) is 8.15. The maximum Gasteiger partial charge on any atom is 0.240 e. The van der Waals surface area contributed by atoms with Crippen molar-refractivity contribution in [2.24, 2.45) is 0 Å². The predicted octanol–water partition coefficient (Wildman–Crippen LogP) is 2.60. The van der Waals surface area contributed by atoms with Crippen LogP contribution < -0.4 is 5.32 Å². The fourth-order valence-electron chi connectivity index (χ4n) is 3.52. The highest BCUT2D eigenvalue weighted by atomic mass is 16.2. The van der Waals surface area contributed by atoms with E-state index < -0.39 is 0 Å². The Morgan fingerprint density at radius 3 is 2.70 bits per heavy atom. The summed E-state index contributed by atoms with van der Waals surface area (Å²) in [4.78, 5) is 16.7. The highest BCUT2D eigenvalue weighted by Crippen LogP contribution is 2.20. The molecule has 3 rings (SSSR count). The van der Waals surface area contributed by atoms with Gasteiger partial charge in [-0.15, -0.1) is 0 Å². The molecule has 110 valence electrons. The number of amides is 1. The van der Waals surface area contributed by atoms with Gasteiger partial charge >= 0.3 is 0 Å². The number of fused-ring (bicyclic) bond motifs is 1. The maximum atomic E-state index is 12.2. The Balaban J connectivity index is 1.57. The van der Waals surface area contributed by atoms with E-state index in [-0.39, 0.29) is 5.91 Å². The second kappa shape index (κ2) is 6.42. The van der Waals surface area contributed by atoms with E-state index in [4.69, 9.17) is 0 Å². The van der Waals surface area contributed by atoms with E-state index in [2.05, 4.69) is 14.9 Å². The molecule has 4 nitrogen and oxygen atoms in total. The molecule has 1 fully saturated rings. The zero-order chi connectivity index (χ0) is 13.8. The van der Waals surface area contributed by atoms with E-state index in [0.29, 0.717) is 12.6 Å². The van der Waals surface area contributed by atoms with E-state index in [1.807, 2.05) is 6.33 Å². The number of aromatic nitrogens is 2. The third kappa shape index (κ3) is 3.22. The Hall–Kier alpha value is -1.32. The van der Waals surface area contributed by atoms with E-state index in [0.717, 1.165) is 25.7 Å². The Labute approximate surface area is 121 Å². The van der Waals surface area contributed by atoms with Gasteiger partial charge in [0, 0.05) is 11.7 Å². The molecular formula is C16H25N3O. The van der Waals surface area contributed by atoms with Crippen LogP contribution in [0.2, 0.25) is 0 Å². The normalized spacial score (nSPS) is 20.2. The van der Waals surface area contributed by atoms with Crippen LogP contribution >= 0.6 is 0 Å². The van der Waals surface area contributed by atoms with Crippen LogP contribution in [-0.4, -0.2) is 21.5 Å². The van der Waals surface area contributed by atoms with Crippen LogP contribution in [0.4, 0.5) is 0 Å². The molecular weight excluding hydrogens is 250 g/mol. The number of carbonyl (C=O) groups excluding carboxylic acids is 1. The second-order valence-corrected chi connectivity index (χ2v) is 6.23. The molecule has 1 saturated carbocycles. The Bertz CT molecular complexity index is 458. The molecule has 1 amide bonds. The van der Waals surface area contributed by atoms with Crippen molar-refractivity contribution in [1.82, 2.24) is 14.9 Å². The summed E-state index contributed by atoms with van der Waals surface area (Å²) in [5.74, 6) is 0.155. The average molecular weight is 275 g/mol. The minimum Gasteiger partial charge on any atom is -0.352 e. The van der Waals surface area contributed by atoms with Crippen molar-refractivity contribution < 1.29 is 4.79 Å². The molecule has 1 heterocycles. The molecule has 20 heavy (non-hydrogen) atoms. The lowest BCUT2D eigenvalue weighted by atomic mass is 10.0. The van der Waals surface area contributed by atoms with Gasteiger partial charge in [0.2, 0.25) is 5.91 Å². The van der Waals surface area contributed by atoms with Crippen molar-refractivity contribution in [1.29, 1.82) is 0 Å². The number of nitrogens with zero attached hydrogens (tertiary/aromatic N) is 2. The topological polar surface area (TPSA) is 46.9 Å². The third-order valence-corrected chi connectivity index (χ3v) is 4.64. The molecule has 0 aromatic carbocycles. The molecule has 0 radical (unpaired) electrons. The average Bonchev–Trinajstić information content (AvgIpc) is 2.68. The van der Waals surface area contributed by atoms with E-state index in [1.165, 1.54) is 49.9 Å². The van der Waals surface area contributed by atoms with Crippen LogP contribution in [-0.2, 0) is 24.2 Å². The smallest absolute Gasteiger partial charge is 0.240 e. The van der Waals surface area contributed by atoms with Crippen molar-refractivity contribution >= 4 is 5.91 Å². The number of carbonyl (C=O) groups is 1. The Morgan fingerprint density at radius 1 is 1.15 bits per heavy atom. The minimum atomic E-state index is 0.155. The van der Waals surface area contributed by atoms with Gasteiger partial charge in [0.05, 0.1) is 12.0 Å². The number of hydrogen-bond acceptors (Lipinski definition) is 2. The summed E-state index contributed by atoms with van der Waals surface area (Å²) in [6.45, 7) is 0.443. The molecule has 1 N–H and O–H groups in total. The van der Waals surface area contributed by atoms with Crippen molar-refractivity contribution in [3.05, 3.63) is 17.7 Å². The monoisotopic (exact) mass is 275 g/mol. The zero-order valence-corrected chi connectivity index (χ0v) is 12.2. The molecule has 2 aliphatic rings. The number of nitrogens with one attached hydrogen (secondary N) is 1. The summed E-state index contributed by atoms with van der Waals surface area (Å²) < 4.78 is 2.06. The van der Waals surface area contributed by atoms with Crippen molar-refractivity contribution in [2.45, 2.75) is 76.8 Å². The van der Waals surface area contributed by atoms with E-state index >= 15 is 0 Å². The largest absolute Gasteiger partial charge is 0.352 e. The van der Waals surface area contributed by atoms with Crippen molar-refractivity contribution in [2.75, 3.05) is 0 Å². The molecule has 1 aromatic rings. The summed E-state index contributed by atoms with van der Waals surface area (Å²) in [7, 11) is 0. The molecule has 0 saturated heterocycles. The SMILES string of the molecule is O=C(Cn1cnc2c1CCCC2)NC1CCCCCC1. The molecule has 0 aliphatic heterocycles. The Morgan fingerprint density at radius 2 is 1.90 bits per heavy atom. The molecule has 1 aromatic heterocycles. The molecule has 0 spiro atoms. The highest BCUT2D eigenvalue weighted by molar-refractivity contribution is 5.76. The van der Waals surface area contributed by atoms with Crippen LogP contribution in [0.15, 0.2) is 6.33 Å². The number of imidazole rings is 1. The lowest BCUT2D eigenvalue weighted by molar-refractivity contribution is -0.122. The van der Waals surface area contributed by atoms with Crippen LogP contribution in [0.1, 0.15) is 62.8 Å². The minimum absolute atomic E-state index is 0.155. The summed E-state index contributed by atoms with van der Waals surface area (Å²) in [6, 6.07) is 0.393. The van der Waals surface area contributed by atoms with Crippen LogP contribution in [0.25, 0.3) is 0 Å². The standard InChI is InChI=1S/C16H25N3O/c20-16(18-13-7-3-1-2-4-8-13)11-19-12-17-14-9-5-6-10-15(14)19/h12-13H,1-11H2,(H,18,20). The van der Waals surface area contributed by atoms with Gasteiger partial charge in [-0.3, -0.25) is 4.79 Å². The fraction of sp³-hybridized carbons (Fsp3) is 0.750. The van der Waals surface area contributed by atoms with Gasteiger partial charge in [0.1, 0.15) is 6.54 Å². The molecule has 0 unspecified atom stereocenters. The highest BCUT2D eigenvalue weighted by Gasteiger charge is 2.18. The van der Waals surface area contributed by atoms with Gasteiger partial charge < -0.3 is 9.88 Å². The van der Waals surface area contributed by atoms with Crippen LogP contribution in [0.5, 0.6) is 0 Å². The fourth-order valence-corrected chi connectivity index (χ4v) is 3.52. The quantitative estimate of drug-likeness (QED) is 0.862. The molecule has 4 heteroatoms. The van der Waals surface area contributed by atoms with Crippen molar-refractivity contribution in [3.8, 4) is 0 Å². The first-order chi connectivity index (χ1) is 9.83. The van der Waals surface area contributed by atoms with Gasteiger partial charge in [-0.25, -0.2) is 4.98 Å². The lowest BCUT2D eigenvalue weighted by Crippen LogP contribution is -2.36. The first kappa shape index (κ1) is 13.7. The third-order valence-electron chi connectivity index (χ3n) is 4.64. The summed E-state index contributed by atoms with van der Waals surface area (Å²) in [6.07, 6.45) is 13.9. The predicted molar refractivity (Wildman–Crippen MR) is 78.5 cm³/mol. The Kier molecular flexibility index (Phi) is 4.38. The van der Waals surface area contributed by atoms with Gasteiger partial charge in [0.15, 0.2) is 0 Å². The molecule has 2 aliphatic carbocycles. The lowest BCUT2D eigenvalue weighted by Gasteiger charge is -2.18. The van der Waals surface area contributed by atoms with Crippen LogP contribution in [0, 0.1) is 0 Å². The second-order valence-electron chi connectivity index (χ2n) is 6.23. The van der Waals surface area contributed by atoms with Crippen molar-refractivity contribution in [3.63, 3.8) is 0 Å². The summed E-state index contributed by atoms with van der Waals surface area (Å²) >= 11 is 0. The molecule has 0 bridgehead atoms. The van der Waals surface area contributed by atoms with E-state index in [9.17, 15) is 4.79 Å². The van der Waals surface area contributed by atoms with Gasteiger partial charge in [0.25, 0.3) is 0 Å². The number of rotatable bonds is 3. The van der Waals surface area contributed by atoms with Gasteiger partial charge in [-0.05, 0) is 38.5 Å². The summed E-state index contributed by atoms with van der Waals surface area (Å²) in [5.41, 5.74) is 2.49. The van der Waals surface area contributed by atoms with Gasteiger partial charge in [-0.1, -0.05) is 25.7 Å². The summed E-state index contributed by atoms with van der Waals surface area (Å²) in [5, 5.41) is 3.22. The maximum absolute atomic E-state index is 12.2.